The van der Waals surface area contributed by atoms with E-state index in [9.17, 15) is 4.79 Å². The van der Waals surface area contributed by atoms with Crippen molar-refractivity contribution in [2.75, 3.05) is 13.7 Å². The van der Waals surface area contributed by atoms with Crippen molar-refractivity contribution in [3.8, 4) is 0 Å². The summed E-state index contributed by atoms with van der Waals surface area (Å²) in [7, 11) is 1.46. The van der Waals surface area contributed by atoms with Gasteiger partial charge in [0.15, 0.2) is 0 Å². The molecule has 0 aliphatic carbocycles. The second kappa shape index (κ2) is 6.89. The maximum Gasteiger partial charge on any atom is 0.305 e. The largest absolute Gasteiger partial charge is 0.469 e. The van der Waals surface area contributed by atoms with Crippen molar-refractivity contribution in [1.82, 2.24) is 4.90 Å². The van der Waals surface area contributed by atoms with Crippen molar-refractivity contribution in [2.24, 2.45) is 0 Å². The highest BCUT2D eigenvalue weighted by Gasteiger charge is 2.23. The van der Waals surface area contributed by atoms with Crippen LogP contribution in [0.25, 0.3) is 0 Å². The van der Waals surface area contributed by atoms with Gasteiger partial charge in [-0.25, -0.2) is 0 Å². The zero-order valence-electron chi connectivity index (χ0n) is 10.9. The van der Waals surface area contributed by atoms with Crippen LogP contribution < -0.4 is 0 Å². The summed E-state index contributed by atoms with van der Waals surface area (Å²) in [6.07, 6.45) is 6.61. The number of nitrogens with zero attached hydrogens (tertiary/aromatic N) is 1. The predicted octanol–water partition coefficient (Wildman–Crippen LogP) is 2.59. The van der Waals surface area contributed by atoms with Crippen LogP contribution in [-0.4, -0.2) is 36.6 Å². The fourth-order valence-electron chi connectivity index (χ4n) is 2.58. The van der Waals surface area contributed by atoms with Crippen LogP contribution in [-0.2, 0) is 9.53 Å². The van der Waals surface area contributed by atoms with E-state index in [2.05, 4.69) is 23.5 Å². The van der Waals surface area contributed by atoms with Crippen LogP contribution >= 0.6 is 0 Å². The van der Waals surface area contributed by atoms with Gasteiger partial charge < -0.3 is 4.74 Å². The topological polar surface area (TPSA) is 29.5 Å². The molecule has 1 heterocycles. The molecule has 2 atom stereocenters. The van der Waals surface area contributed by atoms with Gasteiger partial charge in [-0.1, -0.05) is 6.42 Å². The first-order valence-corrected chi connectivity index (χ1v) is 6.47. The number of hydrogen-bond acceptors (Lipinski definition) is 3. The number of ether oxygens (including phenoxy) is 1. The molecule has 0 aromatic heterocycles. The SMILES string of the molecule is COC(=O)CCCCN1[C@H](C)CCC[C@@H]1C. The third-order valence-corrected chi connectivity index (χ3v) is 3.65. The lowest BCUT2D eigenvalue weighted by Crippen LogP contribution is -2.44. The van der Waals surface area contributed by atoms with Crippen LogP contribution in [0.5, 0.6) is 0 Å². The zero-order chi connectivity index (χ0) is 12.0. The number of esters is 1. The van der Waals surface area contributed by atoms with Crippen LogP contribution in [0.2, 0.25) is 0 Å². The van der Waals surface area contributed by atoms with Gasteiger partial charge in [0.05, 0.1) is 7.11 Å². The minimum absolute atomic E-state index is 0.0836. The third-order valence-electron chi connectivity index (χ3n) is 3.65. The normalized spacial score (nSPS) is 26.7. The molecule has 3 nitrogen and oxygen atoms in total. The number of rotatable bonds is 5. The number of carbonyl (C=O) groups is 1. The van der Waals surface area contributed by atoms with Gasteiger partial charge in [-0.15, -0.1) is 0 Å². The number of unbranched alkanes of at least 4 members (excludes halogenated alkanes) is 1. The van der Waals surface area contributed by atoms with Gasteiger partial charge in [-0.05, 0) is 46.1 Å². The molecule has 16 heavy (non-hydrogen) atoms. The Hall–Kier alpha value is -0.570. The summed E-state index contributed by atoms with van der Waals surface area (Å²) in [6.45, 7) is 5.76. The van der Waals surface area contributed by atoms with Gasteiger partial charge in [-0.2, -0.15) is 0 Å². The van der Waals surface area contributed by atoms with Crippen LogP contribution in [0.3, 0.4) is 0 Å². The molecular formula is C13H25NO2. The Morgan fingerprint density at radius 1 is 1.25 bits per heavy atom. The minimum atomic E-state index is -0.0836. The number of hydrogen-bond donors (Lipinski definition) is 0. The molecule has 1 saturated heterocycles. The molecule has 1 aliphatic rings. The molecule has 1 fully saturated rings. The van der Waals surface area contributed by atoms with Gasteiger partial charge in [0.1, 0.15) is 0 Å². The molecule has 1 rings (SSSR count). The summed E-state index contributed by atoms with van der Waals surface area (Å²) in [5.41, 5.74) is 0. The Bertz CT molecular complexity index is 208. The van der Waals surface area contributed by atoms with Gasteiger partial charge in [0.2, 0.25) is 0 Å². The number of carbonyl (C=O) groups excluding carboxylic acids is 1. The number of methoxy groups -OCH3 is 1. The summed E-state index contributed by atoms with van der Waals surface area (Å²) in [4.78, 5) is 13.5. The summed E-state index contributed by atoms with van der Waals surface area (Å²) < 4.78 is 4.63. The maximum absolute atomic E-state index is 11.0. The first kappa shape index (κ1) is 13.5. The lowest BCUT2D eigenvalue weighted by Gasteiger charge is -2.39. The predicted molar refractivity (Wildman–Crippen MR) is 65.3 cm³/mol. The highest BCUT2D eigenvalue weighted by atomic mass is 16.5. The molecule has 0 bridgehead atoms. The van der Waals surface area contributed by atoms with E-state index in [1.54, 1.807) is 0 Å². The Labute approximate surface area is 99.1 Å². The average molecular weight is 227 g/mol. The molecule has 0 amide bonds. The number of likely N-dealkylation sites (tertiary alicyclic amines) is 1. The molecule has 0 aromatic rings. The molecule has 0 radical (unpaired) electrons. The van der Waals surface area contributed by atoms with Crippen molar-refractivity contribution in [3.05, 3.63) is 0 Å². The highest BCUT2D eigenvalue weighted by molar-refractivity contribution is 5.68. The Morgan fingerprint density at radius 2 is 1.88 bits per heavy atom. The van der Waals surface area contributed by atoms with Gasteiger partial charge in [-0.3, -0.25) is 9.69 Å². The van der Waals surface area contributed by atoms with E-state index >= 15 is 0 Å². The molecule has 3 heteroatoms. The Balaban J connectivity index is 2.17. The molecule has 0 N–H and O–H groups in total. The Morgan fingerprint density at radius 3 is 2.44 bits per heavy atom. The molecule has 0 unspecified atom stereocenters. The molecule has 1 aliphatic heterocycles. The van der Waals surface area contributed by atoms with Crippen molar-refractivity contribution in [1.29, 1.82) is 0 Å². The first-order chi connectivity index (χ1) is 7.65. The fourth-order valence-corrected chi connectivity index (χ4v) is 2.58. The summed E-state index contributed by atoms with van der Waals surface area (Å²) in [6, 6.07) is 1.42. The van der Waals surface area contributed by atoms with Crippen LogP contribution in [0.15, 0.2) is 0 Å². The van der Waals surface area contributed by atoms with E-state index in [-0.39, 0.29) is 5.97 Å². The van der Waals surface area contributed by atoms with Gasteiger partial charge in [0.25, 0.3) is 0 Å². The van der Waals surface area contributed by atoms with E-state index < -0.39 is 0 Å². The van der Waals surface area contributed by atoms with Crippen molar-refractivity contribution in [2.45, 2.75) is 64.5 Å². The van der Waals surface area contributed by atoms with E-state index in [1.165, 1.54) is 26.4 Å². The molecule has 0 saturated carbocycles. The summed E-state index contributed by atoms with van der Waals surface area (Å²) in [5, 5.41) is 0. The fraction of sp³-hybridized carbons (Fsp3) is 0.923. The van der Waals surface area contributed by atoms with E-state index in [0.29, 0.717) is 18.5 Å². The standard InChI is InChI=1S/C13H25NO2/c1-11-7-6-8-12(2)14(11)10-5-4-9-13(15)16-3/h11-12H,4-10H2,1-3H3/t11-,12+. The first-order valence-electron chi connectivity index (χ1n) is 6.47. The summed E-state index contributed by atoms with van der Waals surface area (Å²) in [5.74, 6) is -0.0836. The van der Waals surface area contributed by atoms with Crippen molar-refractivity contribution < 1.29 is 9.53 Å². The van der Waals surface area contributed by atoms with Gasteiger partial charge in [0, 0.05) is 18.5 Å². The van der Waals surface area contributed by atoms with E-state index in [4.69, 9.17) is 0 Å². The lowest BCUT2D eigenvalue weighted by molar-refractivity contribution is -0.140. The Kier molecular flexibility index (Phi) is 5.81. The number of piperidine rings is 1. The zero-order valence-corrected chi connectivity index (χ0v) is 10.9. The van der Waals surface area contributed by atoms with E-state index in [1.807, 2.05) is 0 Å². The molecular weight excluding hydrogens is 202 g/mol. The second-order valence-electron chi connectivity index (χ2n) is 4.90. The highest BCUT2D eigenvalue weighted by Crippen LogP contribution is 2.22. The smallest absolute Gasteiger partial charge is 0.305 e. The van der Waals surface area contributed by atoms with Gasteiger partial charge >= 0.3 is 5.97 Å². The minimum Gasteiger partial charge on any atom is -0.469 e. The third kappa shape index (κ3) is 4.12. The van der Waals surface area contributed by atoms with E-state index in [0.717, 1.165) is 19.4 Å². The van der Waals surface area contributed by atoms with Crippen molar-refractivity contribution in [3.63, 3.8) is 0 Å². The quantitative estimate of drug-likeness (QED) is 0.534. The van der Waals surface area contributed by atoms with Crippen LogP contribution in [0.1, 0.15) is 52.4 Å². The van der Waals surface area contributed by atoms with Crippen LogP contribution in [0.4, 0.5) is 0 Å². The molecule has 0 aromatic carbocycles. The molecule has 94 valence electrons. The van der Waals surface area contributed by atoms with Crippen molar-refractivity contribution >= 4 is 5.97 Å². The monoisotopic (exact) mass is 227 g/mol. The lowest BCUT2D eigenvalue weighted by atomic mass is 9.97. The van der Waals surface area contributed by atoms with Crippen LogP contribution in [0, 0.1) is 0 Å². The molecule has 0 spiro atoms. The second-order valence-corrected chi connectivity index (χ2v) is 4.90. The maximum atomic E-state index is 11.0. The summed E-state index contributed by atoms with van der Waals surface area (Å²) >= 11 is 0. The average Bonchev–Trinajstić information content (AvgIpc) is 2.27.